The molecule has 0 unspecified atom stereocenters. The Kier molecular flexibility index (Phi) is 9.52. The molecular weight excluding hydrogens is 462 g/mol. The quantitative estimate of drug-likeness (QED) is 0.288. The minimum Gasteiger partial charge on any atom is -0.490 e. The van der Waals surface area contributed by atoms with Crippen molar-refractivity contribution in [1.29, 1.82) is 0 Å². The molecule has 2 N–H and O–H groups in total. The normalized spacial score (nSPS) is 10.9. The molecule has 0 heterocycles. The lowest BCUT2D eigenvalue weighted by Crippen LogP contribution is -2.25. The van der Waals surface area contributed by atoms with E-state index in [0.717, 1.165) is 12.0 Å². The van der Waals surface area contributed by atoms with E-state index < -0.39 is 11.8 Å². The molecule has 166 valence electrons. The first-order valence-corrected chi connectivity index (χ1v) is 11.0. The second kappa shape index (κ2) is 12.1. The van der Waals surface area contributed by atoms with E-state index in [2.05, 4.69) is 31.8 Å². The van der Waals surface area contributed by atoms with Gasteiger partial charge < -0.3 is 14.8 Å². The molecule has 0 saturated carbocycles. The Hall–Kier alpha value is -2.87. The predicted molar refractivity (Wildman–Crippen MR) is 126 cm³/mol. The number of aryl methyl sites for hydroxylation is 1. The molecule has 31 heavy (non-hydrogen) atoms. The van der Waals surface area contributed by atoms with Crippen LogP contribution in [0.3, 0.4) is 0 Å². The third kappa shape index (κ3) is 7.71. The highest BCUT2D eigenvalue weighted by molar-refractivity contribution is 9.10. The van der Waals surface area contributed by atoms with Crippen LogP contribution in [-0.2, 0) is 16.0 Å². The summed E-state index contributed by atoms with van der Waals surface area (Å²) in [5.41, 5.74) is 4.80. The molecule has 0 atom stereocenters. The summed E-state index contributed by atoms with van der Waals surface area (Å²) in [5.74, 6) is 0.283. The monoisotopic (exact) mass is 489 g/mol. The van der Waals surface area contributed by atoms with Gasteiger partial charge >= 0.3 is 0 Å². The van der Waals surface area contributed by atoms with Gasteiger partial charge in [0.05, 0.1) is 23.4 Å². The Balaban J connectivity index is 1.98. The lowest BCUT2D eigenvalue weighted by molar-refractivity contribution is -0.126. The molecule has 0 aliphatic rings. The Morgan fingerprint density at radius 3 is 2.58 bits per heavy atom. The number of rotatable bonds is 10. The highest BCUT2D eigenvalue weighted by atomic mass is 79.9. The molecule has 2 aromatic carbocycles. The number of ether oxygens (including phenoxy) is 2. The van der Waals surface area contributed by atoms with Gasteiger partial charge in [-0.05, 0) is 72.4 Å². The van der Waals surface area contributed by atoms with Gasteiger partial charge in [-0.3, -0.25) is 9.59 Å². The molecule has 0 spiro atoms. The Bertz CT molecular complexity index is 944. The topological polar surface area (TPSA) is 89.0 Å². The summed E-state index contributed by atoms with van der Waals surface area (Å²) in [6.07, 6.45) is 1.93. The van der Waals surface area contributed by atoms with Crippen LogP contribution in [0.2, 0.25) is 0 Å². The molecule has 0 radical (unpaired) electrons. The Morgan fingerprint density at radius 1 is 1.16 bits per heavy atom. The van der Waals surface area contributed by atoms with E-state index >= 15 is 0 Å². The third-order valence-electron chi connectivity index (χ3n) is 4.08. The Morgan fingerprint density at radius 2 is 1.90 bits per heavy atom. The lowest BCUT2D eigenvalue weighted by Gasteiger charge is -2.16. The van der Waals surface area contributed by atoms with Crippen LogP contribution in [0.15, 0.2) is 46.0 Å². The average Bonchev–Trinajstić information content (AvgIpc) is 2.71. The lowest BCUT2D eigenvalue weighted by atomic mass is 10.1. The maximum absolute atomic E-state index is 12.2. The van der Waals surface area contributed by atoms with Crippen molar-refractivity contribution < 1.29 is 19.1 Å². The van der Waals surface area contributed by atoms with Gasteiger partial charge in [-0.1, -0.05) is 25.1 Å². The van der Waals surface area contributed by atoms with Crippen molar-refractivity contribution in [2.24, 2.45) is 5.10 Å². The maximum atomic E-state index is 12.2. The molecule has 7 nitrogen and oxygen atoms in total. The van der Waals surface area contributed by atoms with E-state index in [-0.39, 0.29) is 12.5 Å². The van der Waals surface area contributed by atoms with Crippen LogP contribution in [0.1, 0.15) is 45.2 Å². The highest BCUT2D eigenvalue weighted by Gasteiger charge is 2.14. The van der Waals surface area contributed by atoms with Crippen molar-refractivity contribution in [2.75, 3.05) is 11.9 Å². The highest BCUT2D eigenvalue weighted by Crippen LogP contribution is 2.37. The number of halogens is 1. The zero-order valence-electron chi connectivity index (χ0n) is 18.2. The summed E-state index contributed by atoms with van der Waals surface area (Å²) in [6.45, 7) is 8.24. The van der Waals surface area contributed by atoms with Crippen LogP contribution in [-0.4, -0.2) is 30.7 Å². The minimum atomic E-state index is -0.508. The smallest absolute Gasteiger partial charge is 0.249 e. The summed E-state index contributed by atoms with van der Waals surface area (Å²) < 4.78 is 12.2. The van der Waals surface area contributed by atoms with E-state index in [1.807, 2.05) is 58.0 Å². The Labute approximate surface area is 191 Å². The number of carbonyl (C=O) groups is 2. The van der Waals surface area contributed by atoms with Gasteiger partial charge in [0.1, 0.15) is 6.42 Å². The largest absolute Gasteiger partial charge is 0.490 e. The fraction of sp³-hybridized carbons (Fsp3) is 0.348. The zero-order chi connectivity index (χ0) is 22.8. The zero-order valence-corrected chi connectivity index (χ0v) is 19.8. The van der Waals surface area contributed by atoms with Gasteiger partial charge in [-0.25, -0.2) is 5.43 Å². The minimum absolute atomic E-state index is 0.00949. The summed E-state index contributed by atoms with van der Waals surface area (Å²) in [5, 5.41) is 6.71. The molecule has 0 bridgehead atoms. The van der Waals surface area contributed by atoms with Gasteiger partial charge in [0, 0.05) is 5.69 Å². The number of nitrogens with one attached hydrogen (secondary N) is 2. The van der Waals surface area contributed by atoms with Gasteiger partial charge in [0.25, 0.3) is 0 Å². The molecular formula is C23H28BrN3O4. The number of para-hydroxylation sites is 1. The molecule has 8 heteroatoms. The predicted octanol–water partition coefficient (Wildman–Crippen LogP) is 4.68. The van der Waals surface area contributed by atoms with Crippen LogP contribution in [0.25, 0.3) is 0 Å². The maximum Gasteiger partial charge on any atom is 0.249 e. The van der Waals surface area contributed by atoms with Gasteiger partial charge in [-0.15, -0.1) is 0 Å². The first-order chi connectivity index (χ1) is 14.8. The van der Waals surface area contributed by atoms with E-state index in [1.54, 1.807) is 6.07 Å². The van der Waals surface area contributed by atoms with Crippen LogP contribution in [0, 0.1) is 0 Å². The van der Waals surface area contributed by atoms with Gasteiger partial charge in [-0.2, -0.15) is 5.10 Å². The van der Waals surface area contributed by atoms with Gasteiger partial charge in [0.2, 0.25) is 11.8 Å². The van der Waals surface area contributed by atoms with Gasteiger partial charge in [0.15, 0.2) is 11.5 Å². The van der Waals surface area contributed by atoms with Crippen molar-refractivity contribution in [3.05, 3.63) is 52.0 Å². The van der Waals surface area contributed by atoms with Crippen LogP contribution < -0.4 is 20.2 Å². The number of amides is 2. The van der Waals surface area contributed by atoms with Crippen LogP contribution in [0.4, 0.5) is 5.69 Å². The number of anilines is 1. The molecule has 0 aliphatic carbocycles. The molecule has 0 fully saturated rings. The average molecular weight is 490 g/mol. The molecule has 2 rings (SSSR count). The van der Waals surface area contributed by atoms with Crippen LogP contribution in [0.5, 0.6) is 11.5 Å². The molecule has 0 aliphatic heterocycles. The van der Waals surface area contributed by atoms with E-state index in [1.165, 1.54) is 6.21 Å². The van der Waals surface area contributed by atoms with Crippen molar-refractivity contribution in [3.63, 3.8) is 0 Å². The fourth-order valence-corrected chi connectivity index (χ4v) is 3.34. The molecule has 2 amide bonds. The summed E-state index contributed by atoms with van der Waals surface area (Å²) in [7, 11) is 0. The standard InChI is InChI=1S/C23H28BrN3O4/c1-5-17-9-7-8-10-19(17)26-21(28)13-22(29)27-25-14-16-11-18(24)23(31-15(3)4)20(12-16)30-6-2/h7-12,14-15H,5-6,13H2,1-4H3,(H,26,28)(H,27,29). The second-order valence-electron chi connectivity index (χ2n) is 6.96. The molecule has 0 aromatic heterocycles. The first-order valence-electron chi connectivity index (χ1n) is 10.2. The van der Waals surface area contributed by atoms with E-state index in [9.17, 15) is 9.59 Å². The first kappa shape index (κ1) is 24.4. The number of benzene rings is 2. The number of nitrogens with zero attached hydrogens (tertiary/aromatic N) is 1. The second-order valence-corrected chi connectivity index (χ2v) is 7.81. The third-order valence-corrected chi connectivity index (χ3v) is 4.67. The van der Waals surface area contributed by atoms with Crippen molar-refractivity contribution in [2.45, 2.75) is 46.6 Å². The van der Waals surface area contributed by atoms with Crippen molar-refractivity contribution in [3.8, 4) is 11.5 Å². The van der Waals surface area contributed by atoms with Crippen LogP contribution >= 0.6 is 15.9 Å². The fourth-order valence-electron chi connectivity index (χ4n) is 2.78. The van der Waals surface area contributed by atoms with E-state index in [0.29, 0.717) is 33.8 Å². The SMILES string of the molecule is CCOc1cc(C=NNC(=O)CC(=O)Nc2ccccc2CC)cc(Br)c1OC(C)C. The molecule has 0 saturated heterocycles. The number of hydrogen-bond donors (Lipinski definition) is 2. The molecule has 2 aromatic rings. The van der Waals surface area contributed by atoms with E-state index in [4.69, 9.17) is 9.47 Å². The van der Waals surface area contributed by atoms with Crippen molar-refractivity contribution >= 4 is 39.6 Å². The number of carbonyl (C=O) groups excluding carboxylic acids is 2. The summed E-state index contributed by atoms with van der Waals surface area (Å²) in [4.78, 5) is 24.2. The summed E-state index contributed by atoms with van der Waals surface area (Å²) in [6, 6.07) is 11.1. The number of hydrogen-bond acceptors (Lipinski definition) is 5. The number of hydrazone groups is 1. The summed E-state index contributed by atoms with van der Waals surface area (Å²) >= 11 is 3.49. The van der Waals surface area contributed by atoms with Crippen molar-refractivity contribution in [1.82, 2.24) is 5.43 Å².